The van der Waals surface area contributed by atoms with Crippen molar-refractivity contribution in [2.24, 2.45) is 0 Å². The zero-order valence-electron chi connectivity index (χ0n) is 10.2. The van der Waals surface area contributed by atoms with Crippen LogP contribution in [0.15, 0.2) is 36.4 Å². The molecule has 1 aliphatic carbocycles. The summed E-state index contributed by atoms with van der Waals surface area (Å²) in [7, 11) is 0. The molecule has 90 valence electrons. The predicted octanol–water partition coefficient (Wildman–Crippen LogP) is 3.38. The monoisotopic (exact) mass is 237 g/mol. The number of nitriles is 1. The summed E-state index contributed by atoms with van der Waals surface area (Å²) < 4.78 is 2.23. The van der Waals surface area contributed by atoms with Crippen LogP contribution in [-0.4, -0.2) is 9.55 Å². The van der Waals surface area contributed by atoms with Crippen LogP contribution in [0.25, 0.3) is 11.0 Å². The standard InChI is InChI=1S/C15H15N3/c16-11-10-15-17-13-8-4-5-9-14(13)18(15)12-6-2-1-3-7-12/h2,4-6,8-9,12H,1,3,7,10H2. The number of imidazole rings is 1. The zero-order chi connectivity index (χ0) is 12.4. The number of para-hydroxylation sites is 2. The molecule has 0 bridgehead atoms. The fraction of sp³-hybridized carbons (Fsp3) is 0.333. The molecule has 3 rings (SSSR count). The second kappa shape index (κ2) is 4.66. The Balaban J connectivity index is 2.17. The Labute approximate surface area is 106 Å². The van der Waals surface area contributed by atoms with Gasteiger partial charge in [-0.2, -0.15) is 5.26 Å². The summed E-state index contributed by atoms with van der Waals surface area (Å²) in [4.78, 5) is 4.58. The maximum absolute atomic E-state index is 8.95. The van der Waals surface area contributed by atoms with E-state index in [4.69, 9.17) is 5.26 Å². The molecule has 0 amide bonds. The van der Waals surface area contributed by atoms with Gasteiger partial charge in [-0.3, -0.25) is 0 Å². The third-order valence-corrected chi connectivity index (χ3v) is 3.47. The smallest absolute Gasteiger partial charge is 0.124 e. The topological polar surface area (TPSA) is 41.6 Å². The van der Waals surface area contributed by atoms with Gasteiger partial charge in [0, 0.05) is 0 Å². The lowest BCUT2D eigenvalue weighted by molar-refractivity contribution is 0.515. The Hall–Kier alpha value is -2.08. The Morgan fingerprint density at radius 3 is 3.06 bits per heavy atom. The highest BCUT2D eigenvalue weighted by molar-refractivity contribution is 5.76. The minimum Gasteiger partial charge on any atom is -0.320 e. The number of hydrogen-bond donors (Lipinski definition) is 0. The average Bonchev–Trinajstić information content (AvgIpc) is 2.78. The number of aromatic nitrogens is 2. The van der Waals surface area contributed by atoms with Crippen LogP contribution in [0.3, 0.4) is 0 Å². The Bertz CT molecular complexity index is 631. The second-order valence-corrected chi connectivity index (χ2v) is 4.65. The number of fused-ring (bicyclic) bond motifs is 1. The number of hydrogen-bond acceptors (Lipinski definition) is 2. The number of nitrogens with zero attached hydrogens (tertiary/aromatic N) is 3. The third kappa shape index (κ3) is 1.80. The molecular weight excluding hydrogens is 222 g/mol. The van der Waals surface area contributed by atoms with E-state index >= 15 is 0 Å². The lowest BCUT2D eigenvalue weighted by Gasteiger charge is -2.20. The van der Waals surface area contributed by atoms with Crippen LogP contribution in [0.4, 0.5) is 0 Å². The van der Waals surface area contributed by atoms with Crippen molar-refractivity contribution in [1.82, 2.24) is 9.55 Å². The van der Waals surface area contributed by atoms with E-state index in [1.165, 1.54) is 6.42 Å². The maximum Gasteiger partial charge on any atom is 0.124 e. The molecule has 1 unspecified atom stereocenters. The van der Waals surface area contributed by atoms with Gasteiger partial charge in [-0.25, -0.2) is 4.98 Å². The molecule has 0 radical (unpaired) electrons. The van der Waals surface area contributed by atoms with Crippen LogP contribution >= 0.6 is 0 Å². The van der Waals surface area contributed by atoms with Crippen molar-refractivity contribution in [3.05, 3.63) is 42.2 Å². The first kappa shape index (κ1) is 11.0. The summed E-state index contributed by atoms with van der Waals surface area (Å²) in [5, 5.41) is 8.95. The van der Waals surface area contributed by atoms with Crippen molar-refractivity contribution in [2.45, 2.75) is 31.7 Å². The van der Waals surface area contributed by atoms with Gasteiger partial charge in [0.15, 0.2) is 0 Å². The molecule has 1 heterocycles. The van der Waals surface area contributed by atoms with Crippen molar-refractivity contribution in [3.8, 4) is 6.07 Å². The zero-order valence-corrected chi connectivity index (χ0v) is 10.2. The fourth-order valence-corrected chi connectivity index (χ4v) is 2.67. The molecule has 0 aliphatic heterocycles. The summed E-state index contributed by atoms with van der Waals surface area (Å²) in [5.41, 5.74) is 2.13. The summed E-state index contributed by atoms with van der Waals surface area (Å²) >= 11 is 0. The minimum absolute atomic E-state index is 0.356. The first-order chi connectivity index (χ1) is 8.90. The number of benzene rings is 1. The molecule has 3 heteroatoms. The van der Waals surface area contributed by atoms with Crippen LogP contribution in [0.1, 0.15) is 31.1 Å². The Morgan fingerprint density at radius 2 is 2.28 bits per heavy atom. The SMILES string of the molecule is N#CCc1nc2ccccc2n1C1C=CCCC1. The van der Waals surface area contributed by atoms with E-state index in [0.29, 0.717) is 12.5 Å². The van der Waals surface area contributed by atoms with E-state index in [9.17, 15) is 0 Å². The molecule has 1 aromatic heterocycles. The van der Waals surface area contributed by atoms with Crippen molar-refractivity contribution in [3.63, 3.8) is 0 Å². The van der Waals surface area contributed by atoms with Crippen molar-refractivity contribution < 1.29 is 0 Å². The molecule has 1 aromatic carbocycles. The highest BCUT2D eigenvalue weighted by atomic mass is 15.1. The second-order valence-electron chi connectivity index (χ2n) is 4.65. The number of allylic oxidation sites excluding steroid dienone is 2. The van der Waals surface area contributed by atoms with E-state index in [1.807, 2.05) is 18.2 Å². The van der Waals surface area contributed by atoms with Gasteiger partial charge in [0.1, 0.15) is 5.82 Å². The first-order valence-electron chi connectivity index (χ1n) is 6.39. The van der Waals surface area contributed by atoms with Crippen LogP contribution in [0.2, 0.25) is 0 Å². The van der Waals surface area contributed by atoms with Crippen molar-refractivity contribution in [1.29, 1.82) is 5.26 Å². The third-order valence-electron chi connectivity index (χ3n) is 3.47. The van der Waals surface area contributed by atoms with Crippen molar-refractivity contribution in [2.75, 3.05) is 0 Å². The molecule has 0 saturated carbocycles. The molecule has 0 saturated heterocycles. The molecule has 1 atom stereocenters. The van der Waals surface area contributed by atoms with Gasteiger partial charge in [0.2, 0.25) is 0 Å². The summed E-state index contributed by atoms with van der Waals surface area (Å²) in [6, 6.07) is 10.7. The molecule has 3 nitrogen and oxygen atoms in total. The maximum atomic E-state index is 8.95. The predicted molar refractivity (Wildman–Crippen MR) is 71.1 cm³/mol. The first-order valence-corrected chi connectivity index (χ1v) is 6.39. The molecular formula is C15H15N3. The molecule has 0 fully saturated rings. The van der Waals surface area contributed by atoms with Gasteiger partial charge in [0.25, 0.3) is 0 Å². The quantitative estimate of drug-likeness (QED) is 0.751. The highest BCUT2D eigenvalue weighted by Crippen LogP contribution is 2.28. The molecule has 0 spiro atoms. The van der Waals surface area contributed by atoms with Gasteiger partial charge >= 0.3 is 0 Å². The molecule has 2 aromatic rings. The number of rotatable bonds is 2. The van der Waals surface area contributed by atoms with Gasteiger partial charge in [-0.15, -0.1) is 0 Å². The highest BCUT2D eigenvalue weighted by Gasteiger charge is 2.17. The summed E-state index contributed by atoms with van der Waals surface area (Å²) in [6.45, 7) is 0. The van der Waals surface area contributed by atoms with Crippen LogP contribution < -0.4 is 0 Å². The van der Waals surface area contributed by atoms with E-state index < -0.39 is 0 Å². The minimum atomic E-state index is 0.356. The molecule has 0 N–H and O–H groups in total. The Morgan fingerprint density at radius 1 is 1.39 bits per heavy atom. The average molecular weight is 237 g/mol. The fourth-order valence-electron chi connectivity index (χ4n) is 2.67. The van der Waals surface area contributed by atoms with E-state index in [0.717, 1.165) is 29.7 Å². The molecule has 1 aliphatic rings. The van der Waals surface area contributed by atoms with Gasteiger partial charge in [-0.05, 0) is 31.4 Å². The van der Waals surface area contributed by atoms with Crippen LogP contribution in [0.5, 0.6) is 0 Å². The van der Waals surface area contributed by atoms with Crippen LogP contribution in [-0.2, 0) is 6.42 Å². The van der Waals surface area contributed by atoms with E-state index in [2.05, 4.69) is 33.8 Å². The van der Waals surface area contributed by atoms with E-state index in [-0.39, 0.29) is 0 Å². The van der Waals surface area contributed by atoms with Gasteiger partial charge in [0.05, 0.1) is 29.6 Å². The van der Waals surface area contributed by atoms with Crippen molar-refractivity contribution >= 4 is 11.0 Å². The normalized spacial score (nSPS) is 18.9. The lowest BCUT2D eigenvalue weighted by atomic mass is 10.0. The lowest BCUT2D eigenvalue weighted by Crippen LogP contribution is -2.12. The summed E-state index contributed by atoms with van der Waals surface area (Å²) in [6.07, 6.45) is 8.36. The summed E-state index contributed by atoms with van der Waals surface area (Å²) in [5.74, 6) is 0.884. The van der Waals surface area contributed by atoms with E-state index in [1.54, 1.807) is 0 Å². The van der Waals surface area contributed by atoms with Crippen LogP contribution in [0, 0.1) is 11.3 Å². The Kier molecular flexibility index (Phi) is 2.85. The molecule has 18 heavy (non-hydrogen) atoms. The van der Waals surface area contributed by atoms with Gasteiger partial charge < -0.3 is 4.57 Å². The van der Waals surface area contributed by atoms with Gasteiger partial charge in [-0.1, -0.05) is 24.3 Å². The largest absolute Gasteiger partial charge is 0.320 e.